The molecule has 2 unspecified atom stereocenters. The van der Waals surface area contributed by atoms with Crippen LogP contribution in [0, 0.1) is 0 Å². The largest absolute Gasteiger partial charge is 0.347 e. The number of rotatable bonds is 17. The molecular formula is C55H85N3O5S3. The molecule has 1 saturated heterocycles. The highest BCUT2D eigenvalue weighted by Crippen LogP contribution is 2.62. The van der Waals surface area contributed by atoms with Crippen LogP contribution in [-0.2, 0) is 26.1 Å². The maximum atomic E-state index is 13.2. The Hall–Kier alpha value is -2.35. The summed E-state index contributed by atoms with van der Waals surface area (Å²) in [5.41, 5.74) is 2.16. The number of carbonyl (C=O) groups is 2. The van der Waals surface area contributed by atoms with Gasteiger partial charge in [0.05, 0.1) is 11.1 Å². The minimum absolute atomic E-state index is 0.0408. The number of nitrogens with one attached hydrogen (secondary N) is 1. The lowest BCUT2D eigenvalue weighted by Gasteiger charge is -2.44. The van der Waals surface area contributed by atoms with E-state index >= 15 is 0 Å². The number of hydrogen-bond acceptors (Lipinski definition) is 10. The Morgan fingerprint density at radius 1 is 0.591 bits per heavy atom. The van der Waals surface area contributed by atoms with E-state index in [1.165, 1.54) is 60.3 Å². The number of methoxy groups -OCH3 is 1. The molecule has 368 valence electrons. The molecule has 4 aliphatic rings. The van der Waals surface area contributed by atoms with Gasteiger partial charge >= 0.3 is 0 Å². The van der Waals surface area contributed by atoms with E-state index in [-0.39, 0.29) is 22.5 Å². The van der Waals surface area contributed by atoms with Crippen molar-refractivity contribution in [2.45, 2.75) is 175 Å². The number of likely N-dealkylation sites (N-methyl/N-ethyl adjacent to an activating group) is 2. The third-order valence-corrected chi connectivity index (χ3v) is 17.0. The number of ether oxygens (including phenoxy) is 2. The third-order valence-electron chi connectivity index (χ3n) is 14.6. The van der Waals surface area contributed by atoms with Crippen LogP contribution in [0.4, 0.5) is 0 Å². The lowest BCUT2D eigenvalue weighted by molar-refractivity contribution is -0.0154. The highest BCUT2D eigenvalue weighted by Gasteiger charge is 2.71. The van der Waals surface area contributed by atoms with Crippen LogP contribution < -0.4 is 5.32 Å². The van der Waals surface area contributed by atoms with Crippen LogP contribution in [0.1, 0.15) is 164 Å². The molecule has 4 fully saturated rings. The molecule has 3 aromatic carbocycles. The van der Waals surface area contributed by atoms with Gasteiger partial charge in [0, 0.05) is 55.5 Å². The molecule has 3 aromatic rings. The van der Waals surface area contributed by atoms with E-state index < -0.39 is 16.6 Å². The summed E-state index contributed by atoms with van der Waals surface area (Å²) in [6.07, 6.45) is 22.9. The summed E-state index contributed by atoms with van der Waals surface area (Å²) in [5.74, 6) is 0.104. The smallest absolute Gasteiger partial charge is 0.225 e. The summed E-state index contributed by atoms with van der Waals surface area (Å²) in [5, 5.41) is 3.11. The highest BCUT2D eigenvalue weighted by atomic mass is 32.2. The van der Waals surface area contributed by atoms with Gasteiger partial charge in [-0.25, -0.2) is 0 Å². The van der Waals surface area contributed by atoms with Crippen molar-refractivity contribution in [1.29, 1.82) is 0 Å². The Morgan fingerprint density at radius 2 is 0.955 bits per heavy atom. The average molecular weight is 965 g/mol. The van der Waals surface area contributed by atoms with Gasteiger partial charge in [-0.2, -0.15) is 0 Å². The second kappa shape index (κ2) is 27.7. The zero-order valence-corrected chi connectivity index (χ0v) is 44.9. The molecule has 0 radical (unpaired) electrons. The monoisotopic (exact) mass is 964 g/mol. The molecule has 66 heavy (non-hydrogen) atoms. The fraction of sp³-hybridized carbons (Fsp3) is 0.636. The summed E-state index contributed by atoms with van der Waals surface area (Å²) in [4.78, 5) is 34.5. The summed E-state index contributed by atoms with van der Waals surface area (Å²) < 4.78 is 23.4. The number of benzene rings is 3. The second-order valence-electron chi connectivity index (χ2n) is 18.1. The quantitative estimate of drug-likeness (QED) is 0.0801. The van der Waals surface area contributed by atoms with Crippen molar-refractivity contribution in [2.75, 3.05) is 65.1 Å². The molecule has 1 spiro atoms. The van der Waals surface area contributed by atoms with E-state index in [4.69, 9.17) is 9.47 Å². The Bertz CT molecular complexity index is 1900. The number of ketones is 2. The van der Waals surface area contributed by atoms with Crippen LogP contribution in [0.3, 0.4) is 0 Å². The van der Waals surface area contributed by atoms with Crippen molar-refractivity contribution >= 4 is 45.9 Å². The predicted octanol–water partition coefficient (Wildman–Crippen LogP) is 12.8. The van der Waals surface area contributed by atoms with Gasteiger partial charge in [-0.3, -0.25) is 23.6 Å². The van der Waals surface area contributed by atoms with Gasteiger partial charge in [0.15, 0.2) is 11.6 Å². The van der Waals surface area contributed by atoms with E-state index in [1.807, 2.05) is 36.4 Å². The van der Waals surface area contributed by atoms with E-state index in [1.54, 1.807) is 36.9 Å². The minimum Gasteiger partial charge on any atom is -0.347 e. The molecule has 1 aliphatic heterocycles. The molecular weight excluding hydrogens is 879 g/mol. The molecule has 2 atom stereocenters. The molecule has 0 amide bonds. The molecule has 7 rings (SSSR count). The lowest BCUT2D eigenvalue weighted by atomic mass is 9.75. The molecule has 1 heterocycles. The van der Waals surface area contributed by atoms with E-state index in [0.717, 1.165) is 107 Å². The maximum Gasteiger partial charge on any atom is 0.225 e. The Kier molecular flexibility index (Phi) is 23.6. The Morgan fingerprint density at radius 3 is 1.27 bits per heavy atom. The molecule has 8 nitrogen and oxygen atoms in total. The number of nitrogens with zero attached hydrogens (tertiary/aromatic N) is 2. The van der Waals surface area contributed by atoms with E-state index in [2.05, 4.69) is 106 Å². The zero-order valence-electron chi connectivity index (χ0n) is 42.4. The van der Waals surface area contributed by atoms with Crippen molar-refractivity contribution in [3.05, 3.63) is 89.5 Å². The van der Waals surface area contributed by atoms with Gasteiger partial charge < -0.3 is 14.8 Å². The topological polar surface area (TPSA) is 91.5 Å². The van der Waals surface area contributed by atoms with Crippen LogP contribution in [0.2, 0.25) is 0 Å². The van der Waals surface area contributed by atoms with Gasteiger partial charge in [0.1, 0.15) is 5.60 Å². The standard InChI is InChI=1S/C18H27NO2S.C18H27NOS.C15H20O2S.C4H11N/c1-4-19(5-2)18(13-7-6-8-14-18)17(20)15-9-11-16(12-10-15)22(3)21;1-4-19(5-2)18(13-7-6-8-14-18)17(20)15-9-11-16(21-3)12-10-15;1-16-15(12-6-8-13(18-2)9-7-12)14(17-15)10-4-3-5-11-14;1-3-5-4-2/h9-12H,4-8,13-14H2,1-3H3;9-12H,4-8,13-14H2,1-3H3;6-9H,3-5,10-11H2,1-2H3;5H,3-4H2,1-2H3. The summed E-state index contributed by atoms with van der Waals surface area (Å²) in [6, 6.07) is 24.1. The molecule has 3 aliphatic carbocycles. The predicted molar refractivity (Wildman–Crippen MR) is 281 cm³/mol. The van der Waals surface area contributed by atoms with E-state index in [9.17, 15) is 13.8 Å². The van der Waals surface area contributed by atoms with Gasteiger partial charge in [0.2, 0.25) is 5.79 Å². The van der Waals surface area contributed by atoms with Crippen molar-refractivity contribution in [1.82, 2.24) is 15.1 Å². The maximum absolute atomic E-state index is 13.2. The molecule has 11 heteroatoms. The van der Waals surface area contributed by atoms with Crippen LogP contribution in [0.15, 0.2) is 87.5 Å². The number of epoxide rings is 1. The highest BCUT2D eigenvalue weighted by molar-refractivity contribution is 7.98. The first-order chi connectivity index (χ1) is 31.9. The fourth-order valence-corrected chi connectivity index (χ4v) is 12.3. The lowest BCUT2D eigenvalue weighted by Crippen LogP contribution is -2.55. The van der Waals surface area contributed by atoms with Gasteiger partial charge in [-0.1, -0.05) is 136 Å². The minimum atomic E-state index is -0.999. The summed E-state index contributed by atoms with van der Waals surface area (Å²) in [7, 11) is 0.770. The Labute approximate surface area is 411 Å². The fourth-order valence-electron chi connectivity index (χ4n) is 10.9. The molecule has 0 aromatic heterocycles. The second-order valence-corrected chi connectivity index (χ2v) is 21.2. The molecule has 3 saturated carbocycles. The van der Waals surface area contributed by atoms with Gasteiger partial charge in [-0.05, 0) is 127 Å². The number of Topliss-reactive ketones (excluding diaryl/α,β-unsaturated/α-hetero) is 2. The number of hydrogen-bond donors (Lipinski definition) is 1. The molecule has 1 N–H and O–H groups in total. The van der Waals surface area contributed by atoms with Gasteiger partial charge in [-0.15, -0.1) is 23.5 Å². The first-order valence-electron chi connectivity index (χ1n) is 25.2. The van der Waals surface area contributed by atoms with Crippen molar-refractivity contribution in [3.63, 3.8) is 0 Å². The van der Waals surface area contributed by atoms with Crippen molar-refractivity contribution < 1.29 is 23.3 Å². The van der Waals surface area contributed by atoms with Crippen molar-refractivity contribution in [3.8, 4) is 0 Å². The Balaban J connectivity index is 0.000000206. The first-order valence-corrected chi connectivity index (χ1v) is 29.2. The average Bonchev–Trinajstić information content (AvgIpc) is 4.01. The van der Waals surface area contributed by atoms with Crippen LogP contribution in [0.5, 0.6) is 0 Å². The number of thioether (sulfide) groups is 2. The van der Waals surface area contributed by atoms with Crippen LogP contribution >= 0.6 is 23.5 Å². The molecule has 0 bridgehead atoms. The van der Waals surface area contributed by atoms with Gasteiger partial charge in [0.25, 0.3) is 0 Å². The normalized spacial score (nSPS) is 20.7. The SMILES string of the molecule is CCN(CC)C1(C(=O)c2ccc(S(C)=O)cc2)CCCCC1.CCN(CC)C1(C(=O)c2ccc(SC)cc2)CCCCC1.CCNCC.COC1(c2ccc(SC)cc2)OC12CCCCC2. The third kappa shape index (κ3) is 13.5. The number of carbonyl (C=O) groups excluding carboxylic acids is 2. The van der Waals surface area contributed by atoms with Crippen LogP contribution in [-0.4, -0.2) is 107 Å². The van der Waals surface area contributed by atoms with E-state index in [0.29, 0.717) is 5.78 Å². The zero-order chi connectivity index (χ0) is 48.2. The summed E-state index contributed by atoms with van der Waals surface area (Å²) in [6.45, 7) is 18.7. The summed E-state index contributed by atoms with van der Waals surface area (Å²) >= 11 is 3.48. The van der Waals surface area contributed by atoms with Crippen molar-refractivity contribution in [2.24, 2.45) is 0 Å². The van der Waals surface area contributed by atoms with Crippen LogP contribution in [0.25, 0.3) is 0 Å². The first kappa shape index (κ1) is 56.2.